The van der Waals surface area contributed by atoms with E-state index in [9.17, 15) is 5.11 Å². The minimum atomic E-state index is -0.133. The van der Waals surface area contributed by atoms with E-state index in [1.807, 2.05) is 18.2 Å². The molecule has 3 aromatic rings. The number of piperidine rings is 1. The number of nitrogens with zero attached hydrogens (tertiary/aromatic N) is 2. The number of fused-ring (bicyclic) bond motifs is 1. The minimum absolute atomic E-state index is 0.133. The lowest BCUT2D eigenvalue weighted by Crippen LogP contribution is -2.35. The van der Waals surface area contributed by atoms with Crippen LogP contribution in [0, 0.1) is 5.92 Å². The van der Waals surface area contributed by atoms with E-state index >= 15 is 0 Å². The summed E-state index contributed by atoms with van der Waals surface area (Å²) in [6.07, 6.45) is 5.12. The fourth-order valence-corrected chi connectivity index (χ4v) is 4.21. The smallest absolute Gasteiger partial charge is 0.120 e. The van der Waals surface area contributed by atoms with Crippen LogP contribution >= 0.6 is 0 Å². The van der Waals surface area contributed by atoms with E-state index in [0.29, 0.717) is 12.5 Å². The molecule has 0 saturated carbocycles. The molecule has 2 aromatic carbocycles. The molecule has 2 heterocycles. The van der Waals surface area contributed by atoms with Crippen molar-refractivity contribution in [3.63, 3.8) is 0 Å². The van der Waals surface area contributed by atoms with Crippen LogP contribution in [0.15, 0.2) is 54.7 Å². The van der Waals surface area contributed by atoms with Crippen LogP contribution in [0.3, 0.4) is 0 Å². The van der Waals surface area contributed by atoms with Gasteiger partial charge in [-0.2, -0.15) is 0 Å². The Morgan fingerprint density at radius 2 is 1.83 bits per heavy atom. The van der Waals surface area contributed by atoms with Gasteiger partial charge in [-0.3, -0.25) is 4.90 Å². The summed E-state index contributed by atoms with van der Waals surface area (Å²) in [4.78, 5) is 2.46. The molecule has 1 aromatic heterocycles. The Kier molecular flexibility index (Phi) is 6.76. The topological polar surface area (TPSA) is 37.6 Å². The van der Waals surface area contributed by atoms with Crippen molar-refractivity contribution in [1.82, 2.24) is 9.47 Å². The quantitative estimate of drug-likeness (QED) is 0.557. The van der Waals surface area contributed by atoms with E-state index in [2.05, 4.69) is 59.8 Å². The van der Waals surface area contributed by atoms with Crippen molar-refractivity contribution in [2.45, 2.75) is 58.9 Å². The summed E-state index contributed by atoms with van der Waals surface area (Å²) < 4.78 is 8.52. The molecule has 30 heavy (non-hydrogen) atoms. The lowest BCUT2D eigenvalue weighted by atomic mass is 10.1. The molecule has 0 radical (unpaired) electrons. The number of aliphatic hydroxyl groups excluding tert-OH is 1. The molecule has 0 atom stereocenters. The Balaban J connectivity index is 1.56. The summed E-state index contributed by atoms with van der Waals surface area (Å²) in [6.45, 7) is 9.04. The highest BCUT2D eigenvalue weighted by atomic mass is 16.5. The standard InChI is InChI=1S/C26H34N2O2/c1-20(2)10-15-28-18-22(17-27-13-11-23(29)12-14-27)25-16-24(8-9-26(25)28)30-19-21-6-4-3-5-7-21/h3-9,16,18,20,23,29H,10-15,17,19H2,1-2H3. The largest absolute Gasteiger partial charge is 0.489 e. The van der Waals surface area contributed by atoms with Crippen molar-refractivity contribution in [1.29, 1.82) is 0 Å². The van der Waals surface area contributed by atoms with Gasteiger partial charge in [0.05, 0.1) is 6.10 Å². The maximum absolute atomic E-state index is 9.83. The third-order valence-corrected chi connectivity index (χ3v) is 6.08. The van der Waals surface area contributed by atoms with Crippen LogP contribution in [-0.4, -0.2) is 33.8 Å². The third-order valence-electron chi connectivity index (χ3n) is 6.08. The fraction of sp³-hybridized carbons (Fsp3) is 0.462. The van der Waals surface area contributed by atoms with E-state index in [4.69, 9.17) is 4.74 Å². The summed E-state index contributed by atoms with van der Waals surface area (Å²) >= 11 is 0. The van der Waals surface area contributed by atoms with Crippen LogP contribution in [-0.2, 0) is 19.7 Å². The first-order valence-electron chi connectivity index (χ1n) is 11.3. The second kappa shape index (κ2) is 9.67. The van der Waals surface area contributed by atoms with Gasteiger partial charge in [0.2, 0.25) is 0 Å². The van der Waals surface area contributed by atoms with Gasteiger partial charge >= 0.3 is 0 Å². The fourth-order valence-electron chi connectivity index (χ4n) is 4.21. The van der Waals surface area contributed by atoms with Crippen LogP contribution in [0.4, 0.5) is 0 Å². The van der Waals surface area contributed by atoms with Crippen LogP contribution in [0.5, 0.6) is 5.75 Å². The molecular formula is C26H34N2O2. The van der Waals surface area contributed by atoms with Crippen LogP contribution in [0.1, 0.15) is 44.2 Å². The molecule has 4 nitrogen and oxygen atoms in total. The molecule has 0 aliphatic carbocycles. The van der Waals surface area contributed by atoms with Gasteiger partial charge < -0.3 is 14.4 Å². The number of benzene rings is 2. The zero-order valence-electron chi connectivity index (χ0n) is 18.3. The van der Waals surface area contributed by atoms with E-state index in [-0.39, 0.29) is 6.10 Å². The highest BCUT2D eigenvalue weighted by Crippen LogP contribution is 2.29. The Hall–Kier alpha value is -2.30. The monoisotopic (exact) mass is 406 g/mol. The Bertz CT molecular complexity index is 940. The van der Waals surface area contributed by atoms with E-state index in [1.165, 1.54) is 28.5 Å². The van der Waals surface area contributed by atoms with Crippen LogP contribution < -0.4 is 4.74 Å². The Morgan fingerprint density at radius 3 is 2.57 bits per heavy atom. The number of aliphatic hydroxyl groups is 1. The number of hydrogen-bond donors (Lipinski definition) is 1. The van der Waals surface area contributed by atoms with Gasteiger partial charge in [-0.05, 0) is 54.5 Å². The summed E-state index contributed by atoms with van der Waals surface area (Å²) in [5, 5.41) is 11.1. The average Bonchev–Trinajstić information content (AvgIpc) is 3.10. The van der Waals surface area contributed by atoms with Gasteiger partial charge in [0, 0.05) is 43.3 Å². The average molecular weight is 407 g/mol. The number of aryl methyl sites for hydroxylation is 1. The molecule has 4 rings (SSSR count). The summed E-state index contributed by atoms with van der Waals surface area (Å²) in [7, 11) is 0. The predicted octanol–water partition coefficient (Wildman–Crippen LogP) is 5.22. The number of ether oxygens (including phenoxy) is 1. The molecule has 0 amide bonds. The summed E-state index contributed by atoms with van der Waals surface area (Å²) in [5.41, 5.74) is 3.82. The first kappa shape index (κ1) is 21.0. The minimum Gasteiger partial charge on any atom is -0.489 e. The molecule has 160 valence electrons. The van der Waals surface area contributed by atoms with Gasteiger partial charge in [0.1, 0.15) is 12.4 Å². The normalized spacial score (nSPS) is 15.9. The molecule has 1 fully saturated rings. The molecule has 1 aliphatic rings. The number of likely N-dealkylation sites (tertiary alicyclic amines) is 1. The second-order valence-electron chi connectivity index (χ2n) is 8.99. The molecule has 0 unspecified atom stereocenters. The molecule has 4 heteroatoms. The zero-order valence-corrected chi connectivity index (χ0v) is 18.3. The predicted molar refractivity (Wildman–Crippen MR) is 123 cm³/mol. The van der Waals surface area contributed by atoms with Crippen molar-refractivity contribution < 1.29 is 9.84 Å². The molecule has 0 spiro atoms. The van der Waals surface area contributed by atoms with Crippen molar-refractivity contribution in [3.8, 4) is 5.75 Å². The molecule has 1 aliphatic heterocycles. The summed E-state index contributed by atoms with van der Waals surface area (Å²) in [6, 6.07) is 16.8. The van der Waals surface area contributed by atoms with E-state index in [0.717, 1.165) is 44.8 Å². The first-order chi connectivity index (χ1) is 14.6. The summed E-state index contributed by atoms with van der Waals surface area (Å²) in [5.74, 6) is 1.60. The van der Waals surface area contributed by atoms with Crippen molar-refractivity contribution in [3.05, 3.63) is 65.9 Å². The Morgan fingerprint density at radius 1 is 1.07 bits per heavy atom. The number of aromatic nitrogens is 1. The maximum atomic E-state index is 9.83. The van der Waals surface area contributed by atoms with Gasteiger partial charge in [0.25, 0.3) is 0 Å². The lowest BCUT2D eigenvalue weighted by Gasteiger charge is -2.29. The molecule has 1 saturated heterocycles. The second-order valence-corrected chi connectivity index (χ2v) is 8.99. The van der Waals surface area contributed by atoms with Crippen molar-refractivity contribution >= 4 is 10.9 Å². The maximum Gasteiger partial charge on any atom is 0.120 e. The molecule has 0 bridgehead atoms. The van der Waals surface area contributed by atoms with Gasteiger partial charge in [0.15, 0.2) is 0 Å². The van der Waals surface area contributed by atoms with Gasteiger partial charge in [-0.25, -0.2) is 0 Å². The number of hydrogen-bond acceptors (Lipinski definition) is 3. The zero-order chi connectivity index (χ0) is 20.9. The van der Waals surface area contributed by atoms with Crippen LogP contribution in [0.25, 0.3) is 10.9 Å². The highest BCUT2D eigenvalue weighted by molar-refractivity contribution is 5.85. The van der Waals surface area contributed by atoms with Crippen LogP contribution in [0.2, 0.25) is 0 Å². The number of rotatable bonds is 8. The van der Waals surface area contributed by atoms with E-state index < -0.39 is 0 Å². The highest BCUT2D eigenvalue weighted by Gasteiger charge is 2.19. The van der Waals surface area contributed by atoms with Crippen molar-refractivity contribution in [2.75, 3.05) is 13.1 Å². The lowest BCUT2D eigenvalue weighted by molar-refractivity contribution is 0.0794. The van der Waals surface area contributed by atoms with Gasteiger partial charge in [-0.15, -0.1) is 0 Å². The molecular weight excluding hydrogens is 372 g/mol. The SMILES string of the molecule is CC(C)CCn1cc(CN2CCC(O)CC2)c2cc(OCc3ccccc3)ccc21. The van der Waals surface area contributed by atoms with Gasteiger partial charge in [-0.1, -0.05) is 44.2 Å². The van der Waals surface area contributed by atoms with Crippen molar-refractivity contribution in [2.24, 2.45) is 5.92 Å². The first-order valence-corrected chi connectivity index (χ1v) is 11.3. The third kappa shape index (κ3) is 5.24. The Labute approximate surface area is 180 Å². The molecule has 1 N–H and O–H groups in total. The van der Waals surface area contributed by atoms with E-state index in [1.54, 1.807) is 0 Å².